The van der Waals surface area contributed by atoms with Gasteiger partial charge in [-0.05, 0) is 41.3 Å². The van der Waals surface area contributed by atoms with Gasteiger partial charge in [0, 0.05) is 44.4 Å². The Morgan fingerprint density at radius 3 is 2.81 bits per heavy atom. The van der Waals surface area contributed by atoms with E-state index in [1.54, 1.807) is 33.8 Å². The molecule has 0 saturated carbocycles. The Bertz CT molecular complexity index is 1400. The van der Waals surface area contributed by atoms with Crippen molar-refractivity contribution in [2.45, 2.75) is 26.1 Å². The second kappa shape index (κ2) is 11.5. The van der Waals surface area contributed by atoms with Gasteiger partial charge < -0.3 is 14.8 Å². The SMILES string of the molecule is COCc1nn(CC2=CCC(=Cn3ccccc3=O)C=C2)cc1C(=O)NCc1cc(F)cc(OC)c1. The van der Waals surface area contributed by atoms with Gasteiger partial charge >= 0.3 is 0 Å². The van der Waals surface area contributed by atoms with Gasteiger partial charge in [0.15, 0.2) is 0 Å². The van der Waals surface area contributed by atoms with Gasteiger partial charge in [-0.2, -0.15) is 5.10 Å². The summed E-state index contributed by atoms with van der Waals surface area (Å²) in [4.78, 5) is 24.8. The van der Waals surface area contributed by atoms with Gasteiger partial charge in [-0.3, -0.25) is 18.8 Å². The zero-order valence-electron chi connectivity index (χ0n) is 20.1. The average molecular weight is 491 g/mol. The lowest BCUT2D eigenvalue weighted by atomic mass is 10.0. The molecule has 186 valence electrons. The highest BCUT2D eigenvalue weighted by Gasteiger charge is 2.17. The van der Waals surface area contributed by atoms with Crippen LogP contribution in [0.25, 0.3) is 6.20 Å². The molecule has 0 fully saturated rings. The molecule has 2 aromatic heterocycles. The molecule has 0 saturated heterocycles. The smallest absolute Gasteiger partial charge is 0.255 e. The van der Waals surface area contributed by atoms with Crippen LogP contribution in [0.3, 0.4) is 0 Å². The summed E-state index contributed by atoms with van der Waals surface area (Å²) in [5, 5.41) is 7.34. The summed E-state index contributed by atoms with van der Waals surface area (Å²) in [6, 6.07) is 9.33. The van der Waals surface area contributed by atoms with Gasteiger partial charge in [-0.1, -0.05) is 24.3 Å². The van der Waals surface area contributed by atoms with Gasteiger partial charge in [0.2, 0.25) is 0 Å². The van der Waals surface area contributed by atoms with E-state index in [-0.39, 0.29) is 24.6 Å². The van der Waals surface area contributed by atoms with Crippen LogP contribution in [0.4, 0.5) is 4.39 Å². The number of ether oxygens (including phenoxy) is 2. The van der Waals surface area contributed by atoms with Crippen LogP contribution >= 0.6 is 0 Å². The number of allylic oxidation sites excluding steroid dienone is 5. The van der Waals surface area contributed by atoms with Crippen molar-refractivity contribution in [2.24, 2.45) is 0 Å². The normalized spacial score (nSPS) is 14.1. The minimum Gasteiger partial charge on any atom is -0.497 e. The van der Waals surface area contributed by atoms with E-state index in [0.717, 1.165) is 11.1 Å². The van der Waals surface area contributed by atoms with E-state index in [0.29, 0.717) is 35.5 Å². The minimum absolute atomic E-state index is 0.0854. The first-order valence-corrected chi connectivity index (χ1v) is 11.4. The number of pyridine rings is 1. The summed E-state index contributed by atoms with van der Waals surface area (Å²) in [6.45, 7) is 0.787. The quantitative estimate of drug-likeness (QED) is 0.494. The van der Waals surface area contributed by atoms with Crippen molar-refractivity contribution in [2.75, 3.05) is 14.2 Å². The number of amides is 1. The summed E-state index contributed by atoms with van der Waals surface area (Å²) in [7, 11) is 3.00. The molecule has 0 atom stereocenters. The Balaban J connectivity index is 1.43. The molecule has 1 aromatic carbocycles. The molecule has 0 radical (unpaired) electrons. The number of carbonyl (C=O) groups is 1. The maximum atomic E-state index is 13.8. The number of rotatable bonds is 9. The molecule has 0 aliphatic heterocycles. The Morgan fingerprint density at radius 2 is 2.08 bits per heavy atom. The first kappa shape index (κ1) is 24.9. The van der Waals surface area contributed by atoms with Crippen LogP contribution in [0.1, 0.15) is 28.0 Å². The topological polar surface area (TPSA) is 87.4 Å². The number of nitrogens with one attached hydrogen (secondary N) is 1. The molecule has 1 aliphatic rings. The Morgan fingerprint density at radius 1 is 1.22 bits per heavy atom. The zero-order chi connectivity index (χ0) is 25.5. The molecule has 4 rings (SSSR count). The highest BCUT2D eigenvalue weighted by molar-refractivity contribution is 5.95. The van der Waals surface area contributed by atoms with E-state index in [4.69, 9.17) is 9.47 Å². The van der Waals surface area contributed by atoms with E-state index in [9.17, 15) is 14.0 Å². The van der Waals surface area contributed by atoms with Gasteiger partial charge in [-0.25, -0.2) is 4.39 Å². The lowest BCUT2D eigenvalue weighted by Gasteiger charge is -2.10. The molecule has 9 heteroatoms. The minimum atomic E-state index is -0.436. The van der Waals surface area contributed by atoms with E-state index in [2.05, 4.69) is 16.5 Å². The standard InChI is InChI=1S/C27H27FN4O4/c1-35-18-25-24(27(34)29-14-21-11-22(28)13-23(12-21)36-2)17-32(30-25)16-20-8-6-19(7-9-20)15-31-10-4-3-5-26(31)33/h3-6,8-13,15,17H,7,14,16,18H2,1-2H3,(H,29,34). The van der Waals surface area contributed by atoms with Crippen molar-refractivity contribution in [1.82, 2.24) is 19.7 Å². The molecule has 1 aliphatic carbocycles. The van der Waals surface area contributed by atoms with Gasteiger partial charge in [0.05, 0.1) is 25.8 Å². The van der Waals surface area contributed by atoms with Crippen LogP contribution in [0.5, 0.6) is 5.75 Å². The van der Waals surface area contributed by atoms with Crippen molar-refractivity contribution in [1.29, 1.82) is 0 Å². The van der Waals surface area contributed by atoms with Crippen LogP contribution < -0.4 is 15.6 Å². The maximum absolute atomic E-state index is 13.8. The highest BCUT2D eigenvalue weighted by Crippen LogP contribution is 2.19. The number of nitrogens with zero attached hydrogens (tertiary/aromatic N) is 3. The fraction of sp³-hybridized carbons (Fsp3) is 0.222. The summed E-state index contributed by atoms with van der Waals surface area (Å²) in [6.07, 6.45) is 11.9. The summed E-state index contributed by atoms with van der Waals surface area (Å²) < 4.78 is 27.3. The number of methoxy groups -OCH3 is 2. The predicted octanol–water partition coefficient (Wildman–Crippen LogP) is 3.70. The van der Waals surface area contributed by atoms with E-state index in [1.807, 2.05) is 24.4 Å². The fourth-order valence-corrected chi connectivity index (χ4v) is 3.82. The number of carbonyl (C=O) groups excluding carboxylic acids is 1. The Hall–Kier alpha value is -4.24. The van der Waals surface area contributed by atoms with Gasteiger partial charge in [0.25, 0.3) is 11.5 Å². The largest absolute Gasteiger partial charge is 0.497 e. The van der Waals surface area contributed by atoms with Crippen molar-refractivity contribution in [3.63, 3.8) is 0 Å². The third kappa shape index (κ3) is 6.25. The van der Waals surface area contributed by atoms with Crippen molar-refractivity contribution >= 4 is 12.1 Å². The molecular formula is C27H27FN4O4. The van der Waals surface area contributed by atoms with Gasteiger partial charge in [0.1, 0.15) is 17.3 Å². The molecule has 0 unspecified atom stereocenters. The van der Waals surface area contributed by atoms with E-state index >= 15 is 0 Å². The van der Waals surface area contributed by atoms with Crippen LogP contribution in [0.2, 0.25) is 0 Å². The number of halogens is 1. The molecule has 0 spiro atoms. The van der Waals surface area contributed by atoms with Crippen molar-refractivity contribution in [3.05, 3.63) is 111 Å². The number of hydrogen-bond acceptors (Lipinski definition) is 5. The summed E-state index contributed by atoms with van der Waals surface area (Å²) in [5.74, 6) is -0.382. The second-order valence-corrected chi connectivity index (χ2v) is 8.27. The second-order valence-electron chi connectivity index (χ2n) is 8.27. The molecule has 1 amide bonds. The predicted molar refractivity (Wildman–Crippen MR) is 134 cm³/mol. The average Bonchev–Trinajstić information content (AvgIpc) is 3.27. The first-order valence-electron chi connectivity index (χ1n) is 11.4. The molecule has 36 heavy (non-hydrogen) atoms. The third-order valence-electron chi connectivity index (χ3n) is 5.60. The number of hydrogen-bond donors (Lipinski definition) is 1. The molecule has 8 nitrogen and oxygen atoms in total. The lowest BCUT2D eigenvalue weighted by Crippen LogP contribution is -2.23. The third-order valence-corrected chi connectivity index (χ3v) is 5.60. The lowest BCUT2D eigenvalue weighted by molar-refractivity contribution is 0.0945. The zero-order valence-corrected chi connectivity index (χ0v) is 20.1. The van der Waals surface area contributed by atoms with Crippen molar-refractivity contribution < 1.29 is 18.7 Å². The first-order chi connectivity index (χ1) is 17.4. The van der Waals surface area contributed by atoms with Crippen LogP contribution in [0.15, 0.2) is 83.0 Å². The Labute approximate surface area is 208 Å². The molecule has 0 bridgehead atoms. The molecular weight excluding hydrogens is 463 g/mol. The molecule has 1 N–H and O–H groups in total. The monoisotopic (exact) mass is 490 g/mol. The van der Waals surface area contributed by atoms with Crippen molar-refractivity contribution in [3.8, 4) is 5.75 Å². The summed E-state index contributed by atoms with van der Waals surface area (Å²) >= 11 is 0. The molecule has 3 aromatic rings. The maximum Gasteiger partial charge on any atom is 0.255 e. The highest BCUT2D eigenvalue weighted by atomic mass is 19.1. The van der Waals surface area contributed by atoms with Gasteiger partial charge in [-0.15, -0.1) is 0 Å². The Kier molecular flexibility index (Phi) is 7.92. The number of aromatic nitrogens is 3. The van der Waals surface area contributed by atoms with E-state index in [1.165, 1.54) is 32.4 Å². The van der Waals surface area contributed by atoms with Crippen LogP contribution in [0, 0.1) is 5.82 Å². The van der Waals surface area contributed by atoms with E-state index < -0.39 is 5.82 Å². The molecule has 2 heterocycles. The number of benzene rings is 1. The summed E-state index contributed by atoms with van der Waals surface area (Å²) in [5.41, 5.74) is 3.43. The fourth-order valence-electron chi connectivity index (χ4n) is 3.82. The van der Waals surface area contributed by atoms with Crippen LogP contribution in [-0.4, -0.2) is 34.5 Å². The van der Waals surface area contributed by atoms with Crippen LogP contribution in [-0.2, 0) is 24.4 Å².